The lowest BCUT2D eigenvalue weighted by molar-refractivity contribution is -0.137. The molecule has 0 saturated carbocycles. The minimum absolute atomic E-state index is 0.242. The van der Waals surface area contributed by atoms with Gasteiger partial charge >= 0.3 is 12.2 Å². The predicted molar refractivity (Wildman–Crippen MR) is 115 cm³/mol. The normalized spacial score (nSPS) is 12.0. The molecule has 0 fully saturated rings. The predicted octanol–water partition coefficient (Wildman–Crippen LogP) is 4.92. The van der Waals surface area contributed by atoms with E-state index in [-0.39, 0.29) is 9.26 Å². The Kier molecular flexibility index (Phi) is 6.69. The van der Waals surface area contributed by atoms with E-state index in [4.69, 9.17) is 5.26 Å². The van der Waals surface area contributed by atoms with E-state index in [0.717, 1.165) is 12.1 Å². The lowest BCUT2D eigenvalue weighted by Gasteiger charge is -2.17. The molecule has 0 aliphatic rings. The van der Waals surface area contributed by atoms with Crippen LogP contribution >= 0.6 is 22.6 Å². The number of amides is 2. The number of carbonyl (C=O) groups is 1. The average molecular weight is 538 g/mol. The number of alkyl halides is 3. The maximum atomic E-state index is 12.8. The minimum atomic E-state index is -4.46. The molecule has 0 radical (unpaired) electrons. The van der Waals surface area contributed by atoms with Gasteiger partial charge < -0.3 is 10.6 Å². The molecule has 0 spiro atoms. The summed E-state index contributed by atoms with van der Waals surface area (Å²) in [6.45, 7) is 1.69. The van der Waals surface area contributed by atoms with Gasteiger partial charge in [0.05, 0.1) is 34.2 Å². The smallest absolute Gasteiger partial charge is 0.330 e. The second kappa shape index (κ2) is 9.25. The van der Waals surface area contributed by atoms with E-state index in [0.29, 0.717) is 22.6 Å². The third kappa shape index (κ3) is 5.46. The van der Waals surface area contributed by atoms with E-state index in [9.17, 15) is 18.0 Å². The van der Waals surface area contributed by atoms with Crippen LogP contribution in [-0.2, 0) is 6.18 Å². The molecule has 2 N–H and O–H groups in total. The molecule has 3 rings (SSSR count). The Labute approximate surface area is 188 Å². The number of hydrogen-bond acceptors (Lipinski definition) is 5. The number of aromatic nitrogens is 3. The summed E-state index contributed by atoms with van der Waals surface area (Å²) in [6, 6.07) is 7.05. The maximum Gasteiger partial charge on any atom is 0.416 e. The molecule has 0 unspecified atom stereocenters. The molecule has 31 heavy (non-hydrogen) atoms. The highest BCUT2D eigenvalue weighted by atomic mass is 127. The highest BCUT2D eigenvalue weighted by Gasteiger charge is 2.31. The van der Waals surface area contributed by atoms with Gasteiger partial charge in [-0.2, -0.15) is 18.4 Å². The molecule has 0 bridgehead atoms. The van der Waals surface area contributed by atoms with Gasteiger partial charge in [-0.1, -0.05) is 0 Å². The number of nitrogens with zero attached hydrogens (tertiary/aromatic N) is 4. The Morgan fingerprint density at radius 3 is 2.52 bits per heavy atom. The van der Waals surface area contributed by atoms with Crippen molar-refractivity contribution in [1.29, 1.82) is 5.26 Å². The standard InChI is InChI=1S/C20H14F3IN6O/c1-11(17-18(27-7-6-26-17)16-4-2-12(9-25)10-28-16)29-19(31)30-15-5-3-13(8-14(15)24)20(21,22)23/h2-8,10-11H,1H3,(H2,29,30,31)/t11-/m0/s1. The molecule has 11 heteroatoms. The highest BCUT2D eigenvalue weighted by Crippen LogP contribution is 2.32. The second-order valence-corrected chi connectivity index (χ2v) is 7.51. The monoisotopic (exact) mass is 538 g/mol. The Hall–Kier alpha value is -3.27. The van der Waals surface area contributed by atoms with E-state index >= 15 is 0 Å². The fourth-order valence-corrected chi connectivity index (χ4v) is 3.33. The number of rotatable bonds is 4. The molecule has 158 valence electrons. The van der Waals surface area contributed by atoms with Crippen molar-refractivity contribution < 1.29 is 18.0 Å². The van der Waals surface area contributed by atoms with Crippen molar-refractivity contribution in [2.75, 3.05) is 5.32 Å². The van der Waals surface area contributed by atoms with Gasteiger partial charge in [0, 0.05) is 22.2 Å². The number of urea groups is 1. The van der Waals surface area contributed by atoms with Crippen molar-refractivity contribution >= 4 is 34.3 Å². The van der Waals surface area contributed by atoms with Crippen LogP contribution in [-0.4, -0.2) is 21.0 Å². The van der Waals surface area contributed by atoms with Gasteiger partial charge in [-0.15, -0.1) is 0 Å². The summed E-state index contributed by atoms with van der Waals surface area (Å²) in [4.78, 5) is 25.2. The summed E-state index contributed by atoms with van der Waals surface area (Å²) in [5, 5.41) is 14.1. The molecule has 1 atom stereocenters. The van der Waals surface area contributed by atoms with Crippen LogP contribution in [0.15, 0.2) is 48.9 Å². The fourth-order valence-electron chi connectivity index (χ4n) is 2.68. The van der Waals surface area contributed by atoms with Crippen LogP contribution < -0.4 is 10.6 Å². The van der Waals surface area contributed by atoms with Crippen molar-refractivity contribution in [2.24, 2.45) is 0 Å². The van der Waals surface area contributed by atoms with Gasteiger partial charge in [0.2, 0.25) is 0 Å². The van der Waals surface area contributed by atoms with Gasteiger partial charge in [0.1, 0.15) is 11.8 Å². The van der Waals surface area contributed by atoms with Crippen LogP contribution in [0.1, 0.15) is 29.8 Å². The third-order valence-electron chi connectivity index (χ3n) is 4.16. The average Bonchev–Trinajstić information content (AvgIpc) is 2.74. The Morgan fingerprint density at radius 1 is 1.16 bits per heavy atom. The first-order valence-electron chi connectivity index (χ1n) is 8.80. The number of benzene rings is 1. The molecule has 2 heterocycles. The fraction of sp³-hybridized carbons (Fsp3) is 0.150. The number of hydrogen-bond donors (Lipinski definition) is 2. The first-order chi connectivity index (χ1) is 14.7. The number of anilines is 1. The zero-order valence-electron chi connectivity index (χ0n) is 15.9. The number of nitriles is 1. The van der Waals surface area contributed by atoms with Crippen molar-refractivity contribution in [3.05, 3.63) is 69.3 Å². The van der Waals surface area contributed by atoms with Crippen molar-refractivity contribution in [2.45, 2.75) is 19.1 Å². The molecule has 7 nitrogen and oxygen atoms in total. The lowest BCUT2D eigenvalue weighted by Crippen LogP contribution is -2.32. The molecular formula is C20H14F3IN6O. The zero-order valence-corrected chi connectivity index (χ0v) is 18.1. The molecule has 0 aliphatic carbocycles. The van der Waals surface area contributed by atoms with E-state index in [1.807, 2.05) is 6.07 Å². The Morgan fingerprint density at radius 2 is 1.90 bits per heavy atom. The molecule has 2 amide bonds. The van der Waals surface area contributed by atoms with Gasteiger partial charge in [0.25, 0.3) is 0 Å². The molecule has 1 aromatic carbocycles. The minimum Gasteiger partial charge on any atom is -0.330 e. The van der Waals surface area contributed by atoms with Crippen LogP contribution in [0.5, 0.6) is 0 Å². The van der Waals surface area contributed by atoms with E-state index in [2.05, 4.69) is 25.6 Å². The van der Waals surface area contributed by atoms with Gasteiger partial charge in [-0.3, -0.25) is 15.0 Å². The van der Waals surface area contributed by atoms with E-state index in [1.54, 1.807) is 41.6 Å². The number of nitrogens with one attached hydrogen (secondary N) is 2. The molecular weight excluding hydrogens is 524 g/mol. The van der Waals surface area contributed by atoms with E-state index < -0.39 is 23.8 Å². The Bertz CT molecular complexity index is 1140. The summed E-state index contributed by atoms with van der Waals surface area (Å²) in [7, 11) is 0. The van der Waals surface area contributed by atoms with Gasteiger partial charge in [-0.05, 0) is 59.8 Å². The molecule has 0 aliphatic heterocycles. The summed E-state index contributed by atoms with van der Waals surface area (Å²) in [5.41, 5.74) is 1.20. The van der Waals surface area contributed by atoms with Gasteiger partial charge in [0.15, 0.2) is 0 Å². The topological polar surface area (TPSA) is 104 Å². The second-order valence-electron chi connectivity index (χ2n) is 6.35. The first-order valence-corrected chi connectivity index (χ1v) is 9.88. The molecule has 3 aromatic rings. The van der Waals surface area contributed by atoms with Crippen LogP contribution in [0.3, 0.4) is 0 Å². The number of halogens is 4. The van der Waals surface area contributed by atoms with Crippen molar-refractivity contribution in [3.8, 4) is 17.5 Å². The largest absolute Gasteiger partial charge is 0.416 e. The summed E-state index contributed by atoms with van der Waals surface area (Å²) in [6.07, 6.45) is -0.102. The van der Waals surface area contributed by atoms with Crippen LogP contribution in [0.4, 0.5) is 23.7 Å². The van der Waals surface area contributed by atoms with Crippen LogP contribution in [0.2, 0.25) is 0 Å². The quantitative estimate of drug-likeness (QED) is 0.460. The SMILES string of the molecule is C[C@H](NC(=O)Nc1ccc(C(F)(F)F)cc1I)c1nccnc1-c1ccc(C#N)cn1. The van der Waals surface area contributed by atoms with Gasteiger partial charge in [-0.25, -0.2) is 4.79 Å². The highest BCUT2D eigenvalue weighted by molar-refractivity contribution is 14.1. The Balaban J connectivity index is 1.76. The van der Waals surface area contributed by atoms with Crippen molar-refractivity contribution in [3.63, 3.8) is 0 Å². The summed E-state index contributed by atoms with van der Waals surface area (Å²) >= 11 is 1.73. The van der Waals surface area contributed by atoms with Crippen LogP contribution in [0.25, 0.3) is 11.4 Å². The summed E-state index contributed by atoms with van der Waals surface area (Å²) in [5.74, 6) is 0. The lowest BCUT2D eigenvalue weighted by atomic mass is 10.1. The maximum absolute atomic E-state index is 12.8. The first kappa shape index (κ1) is 22.4. The van der Waals surface area contributed by atoms with E-state index in [1.165, 1.54) is 24.7 Å². The molecule has 0 saturated heterocycles. The third-order valence-corrected chi connectivity index (χ3v) is 5.06. The number of pyridine rings is 1. The molecule has 2 aromatic heterocycles. The number of carbonyl (C=O) groups excluding carboxylic acids is 1. The summed E-state index contributed by atoms with van der Waals surface area (Å²) < 4.78 is 38.7. The van der Waals surface area contributed by atoms with Crippen molar-refractivity contribution in [1.82, 2.24) is 20.3 Å². The zero-order chi connectivity index (χ0) is 22.6. The van der Waals surface area contributed by atoms with Crippen LogP contribution in [0, 0.1) is 14.9 Å².